The lowest BCUT2D eigenvalue weighted by molar-refractivity contribution is 0.102. The molecule has 5 nitrogen and oxygen atoms in total. The zero-order valence-electron chi connectivity index (χ0n) is 16.1. The molecule has 1 aromatic heterocycles. The largest absolute Gasteiger partial charge is 0.355 e. The normalized spacial score (nSPS) is 17.8. The lowest BCUT2D eigenvalue weighted by Crippen LogP contribution is -2.35. The maximum absolute atomic E-state index is 12.4. The van der Waals surface area contributed by atoms with Gasteiger partial charge in [0.1, 0.15) is 0 Å². The molecule has 1 saturated heterocycles. The van der Waals surface area contributed by atoms with Crippen molar-refractivity contribution in [2.24, 2.45) is 5.92 Å². The van der Waals surface area contributed by atoms with Gasteiger partial charge in [0.2, 0.25) is 0 Å². The van der Waals surface area contributed by atoms with Gasteiger partial charge in [0.05, 0.1) is 0 Å². The number of carbonyl (C=O) groups excluding carboxylic acids is 1. The molecule has 0 bridgehead atoms. The Kier molecular flexibility index (Phi) is 5.25. The van der Waals surface area contributed by atoms with Crippen molar-refractivity contribution < 1.29 is 4.79 Å². The van der Waals surface area contributed by atoms with Crippen molar-refractivity contribution in [3.8, 4) is 0 Å². The minimum absolute atomic E-state index is 0.0931. The zero-order valence-corrected chi connectivity index (χ0v) is 16.1. The molecule has 1 aromatic carbocycles. The van der Waals surface area contributed by atoms with E-state index in [0.717, 1.165) is 24.6 Å². The van der Waals surface area contributed by atoms with Gasteiger partial charge in [0.15, 0.2) is 11.5 Å². The van der Waals surface area contributed by atoms with E-state index in [-0.39, 0.29) is 11.3 Å². The molecular formula is C21H28N4O. The van der Waals surface area contributed by atoms with Crippen LogP contribution < -0.4 is 10.2 Å². The molecule has 1 aliphatic rings. The smallest absolute Gasteiger partial charge is 0.276 e. The Hall–Kier alpha value is -2.43. The van der Waals surface area contributed by atoms with Crippen molar-refractivity contribution in [1.82, 2.24) is 10.2 Å². The van der Waals surface area contributed by atoms with Crippen LogP contribution in [0.2, 0.25) is 0 Å². The summed E-state index contributed by atoms with van der Waals surface area (Å²) in [6, 6.07) is 11.6. The van der Waals surface area contributed by atoms with Crippen LogP contribution in [0.5, 0.6) is 0 Å². The van der Waals surface area contributed by atoms with Crippen LogP contribution in [0.4, 0.5) is 11.5 Å². The van der Waals surface area contributed by atoms with Gasteiger partial charge < -0.3 is 10.2 Å². The second kappa shape index (κ2) is 7.44. The fourth-order valence-corrected chi connectivity index (χ4v) is 3.26. The molecule has 1 amide bonds. The predicted molar refractivity (Wildman–Crippen MR) is 106 cm³/mol. The third-order valence-corrected chi connectivity index (χ3v) is 4.87. The number of nitrogens with zero attached hydrogens (tertiary/aromatic N) is 3. The number of benzene rings is 1. The van der Waals surface area contributed by atoms with Crippen LogP contribution in [0.3, 0.4) is 0 Å². The van der Waals surface area contributed by atoms with Crippen LogP contribution in [-0.4, -0.2) is 29.2 Å². The molecule has 0 spiro atoms. The van der Waals surface area contributed by atoms with Crippen molar-refractivity contribution >= 4 is 17.4 Å². The van der Waals surface area contributed by atoms with Gasteiger partial charge in [-0.15, -0.1) is 10.2 Å². The van der Waals surface area contributed by atoms with Crippen molar-refractivity contribution in [3.05, 3.63) is 47.7 Å². The Morgan fingerprint density at radius 2 is 1.85 bits per heavy atom. The molecule has 1 aliphatic heterocycles. The number of hydrogen-bond acceptors (Lipinski definition) is 4. The Labute approximate surface area is 155 Å². The van der Waals surface area contributed by atoms with E-state index in [2.05, 4.69) is 48.1 Å². The third kappa shape index (κ3) is 4.40. The number of nitrogens with one attached hydrogen (secondary N) is 1. The van der Waals surface area contributed by atoms with E-state index in [1.165, 1.54) is 18.4 Å². The SMILES string of the molecule is CC1CCCN(c2ccc(C(=O)Nc3ccc(C(C)(C)C)cc3)nn2)C1. The van der Waals surface area contributed by atoms with E-state index < -0.39 is 0 Å². The Bertz CT molecular complexity index is 747. The summed E-state index contributed by atoms with van der Waals surface area (Å²) in [5, 5.41) is 11.3. The molecule has 0 radical (unpaired) electrons. The van der Waals surface area contributed by atoms with Crippen LogP contribution in [0.25, 0.3) is 0 Å². The first-order valence-corrected chi connectivity index (χ1v) is 9.33. The van der Waals surface area contributed by atoms with Crippen molar-refractivity contribution in [1.29, 1.82) is 0 Å². The highest BCUT2D eigenvalue weighted by molar-refractivity contribution is 6.02. The molecule has 2 aromatic rings. The summed E-state index contributed by atoms with van der Waals surface area (Å²) in [7, 11) is 0. The van der Waals surface area contributed by atoms with E-state index in [9.17, 15) is 4.79 Å². The highest BCUT2D eigenvalue weighted by Crippen LogP contribution is 2.24. The quantitative estimate of drug-likeness (QED) is 0.896. The average molecular weight is 352 g/mol. The number of amides is 1. The summed E-state index contributed by atoms with van der Waals surface area (Å²) in [4.78, 5) is 14.7. The summed E-state index contributed by atoms with van der Waals surface area (Å²) in [6.45, 7) is 10.8. The third-order valence-electron chi connectivity index (χ3n) is 4.87. The second-order valence-electron chi connectivity index (χ2n) is 8.25. The highest BCUT2D eigenvalue weighted by Gasteiger charge is 2.19. The zero-order chi connectivity index (χ0) is 18.7. The first-order chi connectivity index (χ1) is 12.3. The maximum atomic E-state index is 12.4. The minimum atomic E-state index is -0.237. The standard InChI is InChI=1S/C21H28N4O/c1-15-6-5-13-25(14-15)19-12-11-18(23-24-19)20(26)22-17-9-7-16(8-10-17)21(2,3)4/h7-12,15H,5-6,13-14H2,1-4H3,(H,22,26). The Morgan fingerprint density at radius 1 is 1.12 bits per heavy atom. The fourth-order valence-electron chi connectivity index (χ4n) is 3.26. The summed E-state index contributed by atoms with van der Waals surface area (Å²) in [5.74, 6) is 1.28. The molecule has 26 heavy (non-hydrogen) atoms. The molecule has 3 rings (SSSR count). The lowest BCUT2D eigenvalue weighted by Gasteiger charge is -2.31. The Balaban J connectivity index is 1.64. The highest BCUT2D eigenvalue weighted by atomic mass is 16.1. The number of carbonyl (C=O) groups is 1. The number of aromatic nitrogens is 2. The molecule has 5 heteroatoms. The number of hydrogen-bond donors (Lipinski definition) is 1. The van der Waals surface area contributed by atoms with Gasteiger partial charge in [0, 0.05) is 18.8 Å². The first-order valence-electron chi connectivity index (χ1n) is 9.33. The van der Waals surface area contributed by atoms with Gasteiger partial charge in [-0.2, -0.15) is 0 Å². The lowest BCUT2D eigenvalue weighted by atomic mass is 9.87. The van der Waals surface area contributed by atoms with E-state index >= 15 is 0 Å². The van der Waals surface area contributed by atoms with Gasteiger partial charge in [-0.1, -0.05) is 39.8 Å². The number of anilines is 2. The van der Waals surface area contributed by atoms with Gasteiger partial charge in [-0.3, -0.25) is 4.79 Å². The molecule has 0 saturated carbocycles. The summed E-state index contributed by atoms with van der Waals surface area (Å²) >= 11 is 0. The molecule has 138 valence electrons. The molecule has 1 fully saturated rings. The van der Waals surface area contributed by atoms with Crippen LogP contribution in [0, 0.1) is 5.92 Å². The van der Waals surface area contributed by atoms with Gasteiger partial charge >= 0.3 is 0 Å². The van der Waals surface area contributed by atoms with Crippen molar-refractivity contribution in [2.75, 3.05) is 23.3 Å². The molecule has 1 unspecified atom stereocenters. The summed E-state index contributed by atoms with van der Waals surface area (Å²) in [6.07, 6.45) is 2.44. The van der Waals surface area contributed by atoms with Gasteiger partial charge in [0.25, 0.3) is 5.91 Å². The monoisotopic (exact) mass is 352 g/mol. The van der Waals surface area contributed by atoms with Crippen LogP contribution in [-0.2, 0) is 5.41 Å². The molecule has 0 aliphatic carbocycles. The summed E-state index contributed by atoms with van der Waals surface area (Å²) < 4.78 is 0. The van der Waals surface area contributed by atoms with E-state index in [0.29, 0.717) is 11.6 Å². The van der Waals surface area contributed by atoms with E-state index in [4.69, 9.17) is 0 Å². The van der Waals surface area contributed by atoms with Crippen molar-refractivity contribution in [2.45, 2.75) is 46.0 Å². The molecule has 1 N–H and O–H groups in total. The first kappa shape index (κ1) is 18.4. The maximum Gasteiger partial charge on any atom is 0.276 e. The molecule has 1 atom stereocenters. The fraction of sp³-hybridized carbons (Fsp3) is 0.476. The molecular weight excluding hydrogens is 324 g/mol. The Morgan fingerprint density at radius 3 is 2.42 bits per heavy atom. The second-order valence-corrected chi connectivity index (χ2v) is 8.25. The number of rotatable bonds is 3. The molecule has 2 heterocycles. The topological polar surface area (TPSA) is 58.1 Å². The van der Waals surface area contributed by atoms with Crippen molar-refractivity contribution in [3.63, 3.8) is 0 Å². The van der Waals surface area contributed by atoms with Gasteiger partial charge in [-0.25, -0.2) is 0 Å². The van der Waals surface area contributed by atoms with E-state index in [1.807, 2.05) is 30.3 Å². The van der Waals surface area contributed by atoms with Gasteiger partial charge in [-0.05, 0) is 54.0 Å². The van der Waals surface area contributed by atoms with Crippen LogP contribution in [0.1, 0.15) is 56.6 Å². The number of piperidine rings is 1. The minimum Gasteiger partial charge on any atom is -0.355 e. The summed E-state index contributed by atoms with van der Waals surface area (Å²) in [5.41, 5.74) is 2.42. The van der Waals surface area contributed by atoms with Crippen LogP contribution >= 0.6 is 0 Å². The predicted octanol–water partition coefficient (Wildman–Crippen LogP) is 4.26. The average Bonchev–Trinajstić information content (AvgIpc) is 2.61. The van der Waals surface area contributed by atoms with Crippen LogP contribution in [0.15, 0.2) is 36.4 Å². The van der Waals surface area contributed by atoms with E-state index in [1.54, 1.807) is 6.07 Å².